The summed E-state index contributed by atoms with van der Waals surface area (Å²) in [5, 5.41) is 6.27. The van der Waals surface area contributed by atoms with E-state index in [1.807, 2.05) is 30.3 Å². The molecule has 1 heterocycles. The van der Waals surface area contributed by atoms with Gasteiger partial charge in [-0.05, 0) is 16.8 Å². The summed E-state index contributed by atoms with van der Waals surface area (Å²) in [6.45, 7) is 0.385. The van der Waals surface area contributed by atoms with E-state index < -0.39 is 5.91 Å². The lowest BCUT2D eigenvalue weighted by Gasteiger charge is -2.03. The summed E-state index contributed by atoms with van der Waals surface area (Å²) in [5.74, 6) is -0.633. The van der Waals surface area contributed by atoms with Crippen LogP contribution in [0.3, 0.4) is 0 Å². The van der Waals surface area contributed by atoms with E-state index in [4.69, 9.17) is 9.26 Å². The first-order chi connectivity index (χ1) is 11.7. The van der Waals surface area contributed by atoms with E-state index in [0.29, 0.717) is 12.2 Å². The van der Waals surface area contributed by atoms with E-state index in [0.717, 1.165) is 5.56 Å². The zero-order chi connectivity index (χ0) is 16.8. The second kappa shape index (κ2) is 7.41. The molecule has 0 saturated heterocycles. The minimum atomic E-state index is -0.486. The van der Waals surface area contributed by atoms with Crippen molar-refractivity contribution in [2.24, 2.45) is 0 Å². The number of rotatable bonds is 6. The van der Waals surface area contributed by atoms with Gasteiger partial charge >= 0.3 is 0 Å². The maximum atomic E-state index is 13.5. The Hall–Kier alpha value is -3.15. The number of nitrogens with one attached hydrogen (secondary N) is 1. The first-order valence-electron chi connectivity index (χ1n) is 7.37. The van der Waals surface area contributed by atoms with Crippen molar-refractivity contribution in [3.63, 3.8) is 0 Å². The van der Waals surface area contributed by atoms with E-state index in [1.165, 1.54) is 12.1 Å². The molecule has 122 valence electrons. The molecule has 0 radical (unpaired) electrons. The fourth-order valence-electron chi connectivity index (χ4n) is 2.07. The quantitative estimate of drug-likeness (QED) is 0.755. The number of carbonyl (C=O) groups is 1. The molecular formula is C18H15FN2O3. The van der Waals surface area contributed by atoms with Gasteiger partial charge in [0.1, 0.15) is 12.4 Å². The van der Waals surface area contributed by atoms with Gasteiger partial charge in [0.25, 0.3) is 11.8 Å². The first-order valence-corrected chi connectivity index (χ1v) is 7.37. The van der Waals surface area contributed by atoms with Gasteiger partial charge in [-0.1, -0.05) is 48.5 Å². The Morgan fingerprint density at radius 1 is 1.12 bits per heavy atom. The van der Waals surface area contributed by atoms with Crippen molar-refractivity contribution < 1.29 is 18.4 Å². The van der Waals surface area contributed by atoms with Crippen molar-refractivity contribution in [1.29, 1.82) is 0 Å². The van der Waals surface area contributed by atoms with Gasteiger partial charge in [-0.2, -0.15) is 0 Å². The van der Waals surface area contributed by atoms with Crippen LogP contribution in [0.15, 0.2) is 65.2 Å². The minimum Gasteiger partial charge on any atom is -0.471 e. The Balaban J connectivity index is 1.55. The fourth-order valence-corrected chi connectivity index (χ4v) is 2.07. The van der Waals surface area contributed by atoms with E-state index in [2.05, 4.69) is 10.5 Å². The Morgan fingerprint density at radius 2 is 1.88 bits per heavy atom. The number of nitrogens with zero attached hydrogens (tertiary/aromatic N) is 1. The Kier molecular flexibility index (Phi) is 4.86. The van der Waals surface area contributed by atoms with E-state index in [-0.39, 0.29) is 24.0 Å². The maximum absolute atomic E-state index is 13.5. The highest BCUT2D eigenvalue weighted by atomic mass is 19.1. The fraction of sp³-hybridized carbons (Fsp3) is 0.111. The summed E-state index contributed by atoms with van der Waals surface area (Å²) in [6, 6.07) is 17.2. The largest absolute Gasteiger partial charge is 0.471 e. The monoisotopic (exact) mass is 326 g/mol. The average Bonchev–Trinajstić information content (AvgIpc) is 3.09. The number of aromatic nitrogens is 1. The highest BCUT2D eigenvalue weighted by Gasteiger charge is 2.14. The maximum Gasteiger partial charge on any atom is 0.290 e. The predicted octanol–water partition coefficient (Wildman–Crippen LogP) is 3.32. The number of ether oxygens (including phenoxy) is 1. The van der Waals surface area contributed by atoms with Crippen molar-refractivity contribution in [1.82, 2.24) is 10.5 Å². The Labute approximate surface area is 138 Å². The van der Waals surface area contributed by atoms with Gasteiger partial charge < -0.3 is 14.6 Å². The highest BCUT2D eigenvalue weighted by molar-refractivity contribution is 5.91. The van der Waals surface area contributed by atoms with Crippen LogP contribution in [-0.2, 0) is 13.2 Å². The molecule has 0 aliphatic rings. The summed E-state index contributed by atoms with van der Waals surface area (Å²) < 4.78 is 23.9. The number of hydrogen-bond donors (Lipinski definition) is 1. The van der Waals surface area contributed by atoms with Gasteiger partial charge in [0.15, 0.2) is 0 Å². The van der Waals surface area contributed by atoms with Crippen LogP contribution in [0.5, 0.6) is 5.88 Å². The molecule has 0 spiro atoms. The summed E-state index contributed by atoms with van der Waals surface area (Å²) in [5.41, 5.74) is 1.37. The molecule has 1 N–H and O–H groups in total. The van der Waals surface area contributed by atoms with Gasteiger partial charge in [0.2, 0.25) is 5.76 Å². The average molecular weight is 326 g/mol. The molecule has 3 rings (SSSR count). The number of benzene rings is 2. The van der Waals surface area contributed by atoms with Crippen LogP contribution in [0.4, 0.5) is 4.39 Å². The number of hydrogen-bond acceptors (Lipinski definition) is 4. The van der Waals surface area contributed by atoms with Crippen LogP contribution >= 0.6 is 0 Å². The Morgan fingerprint density at radius 3 is 2.67 bits per heavy atom. The molecule has 1 aromatic heterocycles. The smallest absolute Gasteiger partial charge is 0.290 e. The standard InChI is InChI=1S/C18H15FN2O3/c19-15-9-5-4-8-14(15)11-20-18(22)16-10-17(21-24-16)23-12-13-6-2-1-3-7-13/h1-10H,11-12H2,(H,20,22). The topological polar surface area (TPSA) is 64.4 Å². The molecule has 2 aromatic carbocycles. The summed E-state index contributed by atoms with van der Waals surface area (Å²) >= 11 is 0. The zero-order valence-corrected chi connectivity index (χ0v) is 12.7. The molecule has 0 saturated carbocycles. The van der Waals surface area contributed by atoms with Gasteiger partial charge in [0, 0.05) is 12.1 Å². The van der Waals surface area contributed by atoms with Crippen molar-refractivity contribution in [3.8, 4) is 5.88 Å². The van der Waals surface area contributed by atoms with E-state index in [9.17, 15) is 9.18 Å². The van der Waals surface area contributed by atoms with Crippen molar-refractivity contribution in [2.45, 2.75) is 13.2 Å². The molecule has 3 aromatic rings. The van der Waals surface area contributed by atoms with Gasteiger partial charge in [-0.3, -0.25) is 4.79 Å². The second-order valence-corrected chi connectivity index (χ2v) is 5.08. The van der Waals surface area contributed by atoms with Crippen LogP contribution in [0, 0.1) is 5.82 Å². The first kappa shape index (κ1) is 15.7. The number of carbonyl (C=O) groups excluding carboxylic acids is 1. The molecular weight excluding hydrogens is 311 g/mol. The van der Waals surface area contributed by atoms with Crippen molar-refractivity contribution >= 4 is 5.91 Å². The molecule has 0 unspecified atom stereocenters. The zero-order valence-electron chi connectivity index (χ0n) is 12.7. The van der Waals surface area contributed by atoms with Crippen LogP contribution in [0.25, 0.3) is 0 Å². The number of halogens is 1. The van der Waals surface area contributed by atoms with Gasteiger partial charge in [0.05, 0.1) is 6.07 Å². The molecule has 24 heavy (non-hydrogen) atoms. The molecule has 0 aliphatic heterocycles. The van der Waals surface area contributed by atoms with Crippen LogP contribution in [0.2, 0.25) is 0 Å². The third kappa shape index (κ3) is 3.98. The predicted molar refractivity (Wildman–Crippen MR) is 84.8 cm³/mol. The summed E-state index contributed by atoms with van der Waals surface area (Å²) in [6.07, 6.45) is 0. The minimum absolute atomic E-state index is 0.00870. The van der Waals surface area contributed by atoms with Crippen LogP contribution < -0.4 is 10.1 Å². The van der Waals surface area contributed by atoms with Crippen molar-refractivity contribution in [2.75, 3.05) is 0 Å². The Bertz CT molecular complexity index is 818. The van der Waals surface area contributed by atoms with E-state index in [1.54, 1.807) is 18.2 Å². The van der Waals surface area contributed by atoms with Gasteiger partial charge in [-0.25, -0.2) is 4.39 Å². The van der Waals surface area contributed by atoms with Crippen molar-refractivity contribution in [3.05, 3.63) is 83.4 Å². The molecule has 0 bridgehead atoms. The highest BCUT2D eigenvalue weighted by Crippen LogP contribution is 2.14. The third-order valence-corrected chi connectivity index (χ3v) is 3.34. The molecule has 1 amide bonds. The van der Waals surface area contributed by atoms with Crippen LogP contribution in [0.1, 0.15) is 21.7 Å². The number of amides is 1. The molecule has 6 heteroatoms. The SMILES string of the molecule is O=C(NCc1ccccc1F)c1cc(OCc2ccccc2)no1. The lowest BCUT2D eigenvalue weighted by molar-refractivity contribution is 0.0913. The third-order valence-electron chi connectivity index (χ3n) is 3.34. The van der Waals surface area contributed by atoms with Crippen LogP contribution in [-0.4, -0.2) is 11.1 Å². The molecule has 0 aliphatic carbocycles. The summed E-state index contributed by atoms with van der Waals surface area (Å²) in [7, 11) is 0. The summed E-state index contributed by atoms with van der Waals surface area (Å²) in [4.78, 5) is 12.0. The van der Waals surface area contributed by atoms with Gasteiger partial charge in [-0.15, -0.1) is 0 Å². The molecule has 5 nitrogen and oxygen atoms in total. The molecule has 0 atom stereocenters. The lowest BCUT2D eigenvalue weighted by Crippen LogP contribution is -2.22. The normalized spacial score (nSPS) is 10.4. The second-order valence-electron chi connectivity index (χ2n) is 5.08. The lowest BCUT2D eigenvalue weighted by atomic mass is 10.2. The molecule has 0 fully saturated rings. The van der Waals surface area contributed by atoms with E-state index >= 15 is 0 Å².